The highest BCUT2D eigenvalue weighted by Crippen LogP contribution is 2.34. The number of carboxylic acid groups (broad SMARTS) is 1. The zero-order valence-electron chi connectivity index (χ0n) is 12.6. The van der Waals surface area contributed by atoms with Crippen LogP contribution in [-0.2, 0) is 11.3 Å². The Morgan fingerprint density at radius 1 is 1.48 bits per heavy atom. The number of carbonyl (C=O) groups is 1. The highest BCUT2D eigenvalue weighted by molar-refractivity contribution is 5.74. The normalized spacial score (nSPS) is 23.0. The molecule has 1 saturated heterocycles. The topological polar surface area (TPSA) is 70.0 Å². The molecule has 1 atom stereocenters. The number of carboxylic acids is 1. The van der Waals surface area contributed by atoms with Crippen molar-refractivity contribution in [3.05, 3.63) is 23.8 Å². The van der Waals surface area contributed by atoms with Crippen LogP contribution in [0.3, 0.4) is 0 Å². The van der Waals surface area contributed by atoms with E-state index in [2.05, 4.69) is 4.90 Å². The third-order valence-corrected chi connectivity index (χ3v) is 4.07. The molecule has 0 aliphatic carbocycles. The molecule has 5 heteroatoms. The van der Waals surface area contributed by atoms with Crippen molar-refractivity contribution in [1.29, 1.82) is 0 Å². The predicted molar refractivity (Wildman–Crippen MR) is 79.5 cm³/mol. The molecule has 1 heterocycles. The van der Waals surface area contributed by atoms with Crippen molar-refractivity contribution >= 4 is 5.97 Å². The number of likely N-dealkylation sites (tertiary alicyclic amines) is 1. The van der Waals surface area contributed by atoms with Crippen molar-refractivity contribution in [3.63, 3.8) is 0 Å². The first-order valence-corrected chi connectivity index (χ1v) is 7.35. The molecule has 1 fully saturated rings. The highest BCUT2D eigenvalue weighted by Gasteiger charge is 2.37. The van der Waals surface area contributed by atoms with Crippen LogP contribution in [0.1, 0.15) is 32.3 Å². The summed E-state index contributed by atoms with van der Waals surface area (Å²) in [6.07, 6.45) is 1.55. The first-order valence-electron chi connectivity index (χ1n) is 7.35. The summed E-state index contributed by atoms with van der Waals surface area (Å²) in [7, 11) is 0. The van der Waals surface area contributed by atoms with Crippen LogP contribution < -0.4 is 4.74 Å². The fourth-order valence-corrected chi connectivity index (χ4v) is 2.86. The van der Waals surface area contributed by atoms with E-state index in [1.807, 2.05) is 19.1 Å². The van der Waals surface area contributed by atoms with Crippen LogP contribution in [0.4, 0.5) is 0 Å². The Labute approximate surface area is 125 Å². The van der Waals surface area contributed by atoms with E-state index in [9.17, 15) is 15.0 Å². The molecule has 1 aromatic rings. The summed E-state index contributed by atoms with van der Waals surface area (Å²) in [4.78, 5) is 13.5. The van der Waals surface area contributed by atoms with Crippen LogP contribution in [-0.4, -0.2) is 40.8 Å². The van der Waals surface area contributed by atoms with Crippen molar-refractivity contribution in [2.75, 3.05) is 19.7 Å². The van der Waals surface area contributed by atoms with Gasteiger partial charge in [0.1, 0.15) is 0 Å². The number of aliphatic carboxylic acids is 1. The largest absolute Gasteiger partial charge is 0.504 e. The van der Waals surface area contributed by atoms with Crippen LogP contribution in [0.2, 0.25) is 0 Å². The lowest BCUT2D eigenvalue weighted by atomic mass is 9.82. The molecule has 0 aromatic heterocycles. The van der Waals surface area contributed by atoms with Gasteiger partial charge in [0.25, 0.3) is 0 Å². The molecule has 2 N–H and O–H groups in total. The first-order chi connectivity index (χ1) is 9.96. The lowest BCUT2D eigenvalue weighted by molar-refractivity contribution is -0.151. The van der Waals surface area contributed by atoms with E-state index in [-0.39, 0.29) is 5.75 Å². The molecule has 5 nitrogen and oxygen atoms in total. The van der Waals surface area contributed by atoms with Crippen molar-refractivity contribution in [2.45, 2.75) is 33.2 Å². The maximum atomic E-state index is 11.4. The number of aromatic hydroxyl groups is 1. The Bertz CT molecular complexity index is 517. The Hall–Kier alpha value is -1.75. The molecule has 1 aliphatic rings. The van der Waals surface area contributed by atoms with Gasteiger partial charge in [0.15, 0.2) is 11.5 Å². The van der Waals surface area contributed by atoms with Crippen molar-refractivity contribution in [2.24, 2.45) is 5.41 Å². The van der Waals surface area contributed by atoms with Crippen LogP contribution in [0.5, 0.6) is 11.5 Å². The fourth-order valence-electron chi connectivity index (χ4n) is 2.86. The van der Waals surface area contributed by atoms with Gasteiger partial charge < -0.3 is 14.9 Å². The number of nitrogens with zero attached hydrogens (tertiary/aromatic N) is 1. The molecule has 21 heavy (non-hydrogen) atoms. The van der Waals surface area contributed by atoms with Crippen LogP contribution >= 0.6 is 0 Å². The second kappa shape index (κ2) is 6.35. The van der Waals surface area contributed by atoms with Gasteiger partial charge in [0.2, 0.25) is 0 Å². The van der Waals surface area contributed by atoms with Gasteiger partial charge in [-0.2, -0.15) is 0 Å². The number of hydrogen-bond donors (Lipinski definition) is 2. The number of ether oxygens (including phenoxy) is 1. The van der Waals surface area contributed by atoms with E-state index in [0.717, 1.165) is 18.5 Å². The Morgan fingerprint density at radius 3 is 2.90 bits per heavy atom. The van der Waals surface area contributed by atoms with Gasteiger partial charge in [-0.05, 0) is 39.3 Å². The third kappa shape index (κ3) is 3.47. The second-order valence-electron chi connectivity index (χ2n) is 5.88. The number of hydrogen-bond acceptors (Lipinski definition) is 4. The molecule has 116 valence electrons. The zero-order valence-corrected chi connectivity index (χ0v) is 12.6. The van der Waals surface area contributed by atoms with Gasteiger partial charge >= 0.3 is 5.97 Å². The molecule has 1 unspecified atom stereocenters. The third-order valence-electron chi connectivity index (χ3n) is 4.07. The summed E-state index contributed by atoms with van der Waals surface area (Å²) in [5, 5.41) is 19.6. The Morgan fingerprint density at radius 2 is 2.24 bits per heavy atom. The molecule has 0 radical (unpaired) electrons. The summed E-state index contributed by atoms with van der Waals surface area (Å²) in [5.74, 6) is -0.116. The molecule has 1 aromatic carbocycles. The van der Waals surface area contributed by atoms with Gasteiger partial charge in [0.05, 0.1) is 12.0 Å². The minimum absolute atomic E-state index is 0.155. The zero-order chi connectivity index (χ0) is 15.5. The molecular formula is C16H23NO4. The fraction of sp³-hybridized carbons (Fsp3) is 0.562. The van der Waals surface area contributed by atoms with Gasteiger partial charge in [-0.1, -0.05) is 12.1 Å². The summed E-state index contributed by atoms with van der Waals surface area (Å²) >= 11 is 0. The Kier molecular flexibility index (Phi) is 4.73. The maximum absolute atomic E-state index is 11.4. The number of rotatable bonds is 5. The molecule has 0 amide bonds. The van der Waals surface area contributed by atoms with Gasteiger partial charge in [0, 0.05) is 18.7 Å². The van der Waals surface area contributed by atoms with Crippen LogP contribution in [0.25, 0.3) is 0 Å². The summed E-state index contributed by atoms with van der Waals surface area (Å²) in [6, 6.07) is 5.44. The number of piperidine rings is 1. The number of phenols is 1. The van der Waals surface area contributed by atoms with Crippen molar-refractivity contribution in [1.82, 2.24) is 4.90 Å². The van der Waals surface area contributed by atoms with E-state index in [1.54, 1.807) is 13.0 Å². The van der Waals surface area contributed by atoms with E-state index in [1.165, 1.54) is 0 Å². The molecule has 2 rings (SSSR count). The lowest BCUT2D eigenvalue weighted by Crippen LogP contribution is -2.45. The highest BCUT2D eigenvalue weighted by atomic mass is 16.5. The monoisotopic (exact) mass is 293 g/mol. The van der Waals surface area contributed by atoms with E-state index < -0.39 is 11.4 Å². The first kappa shape index (κ1) is 15.6. The number of para-hydroxylation sites is 1. The van der Waals surface area contributed by atoms with E-state index >= 15 is 0 Å². The average Bonchev–Trinajstić information content (AvgIpc) is 2.43. The minimum atomic E-state index is -0.750. The smallest absolute Gasteiger partial charge is 0.310 e. The quantitative estimate of drug-likeness (QED) is 0.873. The molecule has 0 spiro atoms. The van der Waals surface area contributed by atoms with E-state index in [4.69, 9.17) is 4.74 Å². The second-order valence-corrected chi connectivity index (χ2v) is 5.88. The van der Waals surface area contributed by atoms with Gasteiger partial charge in [-0.3, -0.25) is 9.69 Å². The van der Waals surface area contributed by atoms with E-state index in [0.29, 0.717) is 31.9 Å². The summed E-state index contributed by atoms with van der Waals surface area (Å²) < 4.78 is 5.38. The predicted octanol–water partition coefficient (Wildman–Crippen LogP) is 2.48. The average molecular weight is 293 g/mol. The molecule has 0 bridgehead atoms. The van der Waals surface area contributed by atoms with Crippen LogP contribution in [0, 0.1) is 5.41 Å². The SMILES string of the molecule is CCOc1cccc(CN2CCCC(C)(C(=O)O)C2)c1O. The van der Waals surface area contributed by atoms with Crippen molar-refractivity contribution < 1.29 is 19.7 Å². The lowest BCUT2D eigenvalue weighted by Gasteiger charge is -2.37. The summed E-state index contributed by atoms with van der Waals surface area (Å²) in [5.41, 5.74) is 0.0707. The Balaban J connectivity index is 2.11. The standard InChI is InChI=1S/C16H23NO4/c1-3-21-13-7-4-6-12(14(13)18)10-17-9-5-8-16(2,11-17)15(19)20/h4,6-7,18H,3,5,8-11H2,1-2H3,(H,19,20). The minimum Gasteiger partial charge on any atom is -0.504 e. The maximum Gasteiger partial charge on any atom is 0.310 e. The van der Waals surface area contributed by atoms with Gasteiger partial charge in [-0.15, -0.1) is 0 Å². The van der Waals surface area contributed by atoms with Crippen molar-refractivity contribution in [3.8, 4) is 11.5 Å². The van der Waals surface area contributed by atoms with Crippen LogP contribution in [0.15, 0.2) is 18.2 Å². The summed E-state index contributed by atoms with van der Waals surface area (Å²) in [6.45, 7) is 6.04. The molecular weight excluding hydrogens is 270 g/mol. The van der Waals surface area contributed by atoms with Gasteiger partial charge in [-0.25, -0.2) is 0 Å². The number of benzene rings is 1. The number of phenolic OH excluding ortho intramolecular Hbond substituents is 1. The molecule has 0 saturated carbocycles. The molecule has 1 aliphatic heterocycles.